The van der Waals surface area contributed by atoms with Crippen molar-refractivity contribution in [1.82, 2.24) is 9.55 Å². The van der Waals surface area contributed by atoms with Crippen LogP contribution in [0.1, 0.15) is 17.8 Å². The van der Waals surface area contributed by atoms with Crippen LogP contribution in [-0.4, -0.2) is 14.7 Å². The van der Waals surface area contributed by atoms with Gasteiger partial charge in [0.15, 0.2) is 5.82 Å². The second-order valence-corrected chi connectivity index (χ2v) is 4.38. The maximum absolute atomic E-state index is 13.2. The van der Waals surface area contributed by atoms with Gasteiger partial charge in [0, 0.05) is 5.56 Å². The van der Waals surface area contributed by atoms with Gasteiger partial charge in [0.1, 0.15) is 0 Å². The predicted octanol–water partition coefficient (Wildman–Crippen LogP) is 3.46. The Labute approximate surface area is 114 Å². The molecule has 0 unspecified atom stereocenters. The van der Waals surface area contributed by atoms with Crippen molar-refractivity contribution in [2.24, 2.45) is 0 Å². The Morgan fingerprint density at radius 1 is 1.05 bits per heavy atom. The van der Waals surface area contributed by atoms with Crippen LogP contribution < -0.4 is 0 Å². The molecule has 0 aliphatic heterocycles. The third-order valence-electron chi connectivity index (χ3n) is 3.18. The van der Waals surface area contributed by atoms with Crippen LogP contribution in [0.15, 0.2) is 48.5 Å². The van der Waals surface area contributed by atoms with Crippen LogP contribution in [0.5, 0.6) is 0 Å². The summed E-state index contributed by atoms with van der Waals surface area (Å²) in [6, 6.07) is 13.9. The minimum Gasteiger partial charge on any atom is -0.392 e. The van der Waals surface area contributed by atoms with Crippen LogP contribution in [0.3, 0.4) is 0 Å². The lowest BCUT2D eigenvalue weighted by Crippen LogP contribution is -2.05. The highest BCUT2D eigenvalue weighted by atomic mass is 19.3. The maximum atomic E-state index is 13.2. The zero-order chi connectivity index (χ0) is 14.1. The third-order valence-corrected chi connectivity index (χ3v) is 3.18. The second kappa shape index (κ2) is 5.02. The van der Waals surface area contributed by atoms with Gasteiger partial charge in [-0.15, -0.1) is 0 Å². The number of rotatable bonds is 3. The fourth-order valence-corrected chi connectivity index (χ4v) is 2.31. The summed E-state index contributed by atoms with van der Waals surface area (Å²) in [5.74, 6) is -0.313. The molecule has 2 aromatic carbocycles. The molecule has 0 saturated heterocycles. The molecule has 3 aromatic rings. The topological polar surface area (TPSA) is 38.0 Å². The molecule has 20 heavy (non-hydrogen) atoms. The molecular weight excluding hydrogens is 262 g/mol. The lowest BCUT2D eigenvalue weighted by Gasteiger charge is -2.12. The number of aliphatic hydroxyl groups is 1. The predicted molar refractivity (Wildman–Crippen MR) is 71.9 cm³/mol. The fraction of sp³-hybridized carbons (Fsp3) is 0.133. The number of benzene rings is 2. The highest BCUT2D eigenvalue weighted by Crippen LogP contribution is 2.29. The molecule has 0 saturated carbocycles. The van der Waals surface area contributed by atoms with E-state index >= 15 is 0 Å². The van der Waals surface area contributed by atoms with E-state index in [0.717, 1.165) is 0 Å². The molecule has 1 heterocycles. The number of aliphatic hydroxyl groups excluding tert-OH is 1. The van der Waals surface area contributed by atoms with E-state index in [1.165, 1.54) is 4.57 Å². The van der Waals surface area contributed by atoms with Gasteiger partial charge < -0.3 is 5.11 Å². The number of aromatic nitrogens is 2. The molecule has 0 bridgehead atoms. The number of para-hydroxylation sites is 3. The Hall–Kier alpha value is -2.27. The molecule has 0 atom stereocenters. The van der Waals surface area contributed by atoms with Crippen LogP contribution in [0.25, 0.3) is 16.7 Å². The summed E-state index contributed by atoms with van der Waals surface area (Å²) < 4.78 is 27.9. The summed E-state index contributed by atoms with van der Waals surface area (Å²) in [4.78, 5) is 4.00. The van der Waals surface area contributed by atoms with Crippen LogP contribution in [-0.2, 0) is 6.61 Å². The minimum atomic E-state index is -2.69. The maximum Gasteiger partial charge on any atom is 0.295 e. The first-order chi connectivity index (χ1) is 9.72. The van der Waals surface area contributed by atoms with Crippen molar-refractivity contribution in [1.29, 1.82) is 0 Å². The highest BCUT2D eigenvalue weighted by Gasteiger charge is 2.20. The van der Waals surface area contributed by atoms with Crippen molar-refractivity contribution in [2.75, 3.05) is 0 Å². The molecule has 1 N–H and O–H groups in total. The van der Waals surface area contributed by atoms with Crippen molar-refractivity contribution in [2.45, 2.75) is 13.0 Å². The molecule has 3 rings (SSSR count). The number of fused-ring (bicyclic) bond motifs is 1. The molecule has 3 nitrogen and oxygen atoms in total. The molecule has 0 aliphatic carbocycles. The molecule has 102 valence electrons. The van der Waals surface area contributed by atoms with Crippen molar-refractivity contribution >= 4 is 11.0 Å². The minimum absolute atomic E-state index is 0.217. The average molecular weight is 274 g/mol. The highest BCUT2D eigenvalue weighted by molar-refractivity contribution is 5.78. The van der Waals surface area contributed by atoms with E-state index in [4.69, 9.17) is 0 Å². The summed E-state index contributed by atoms with van der Waals surface area (Å²) >= 11 is 0. The largest absolute Gasteiger partial charge is 0.392 e. The summed E-state index contributed by atoms with van der Waals surface area (Å²) in [5, 5.41) is 9.40. The molecule has 0 fully saturated rings. The Balaban J connectivity index is 2.36. The Bertz CT molecular complexity index is 752. The van der Waals surface area contributed by atoms with Gasteiger partial charge in [-0.3, -0.25) is 4.57 Å². The summed E-state index contributed by atoms with van der Waals surface area (Å²) in [6.45, 7) is -0.217. The van der Waals surface area contributed by atoms with Gasteiger partial charge >= 0.3 is 0 Å². The van der Waals surface area contributed by atoms with Crippen LogP contribution in [0.2, 0.25) is 0 Å². The summed E-state index contributed by atoms with van der Waals surface area (Å²) in [6.07, 6.45) is -2.69. The van der Waals surface area contributed by atoms with Crippen LogP contribution in [0, 0.1) is 0 Å². The van der Waals surface area contributed by atoms with Gasteiger partial charge in [0.2, 0.25) is 0 Å². The number of nitrogens with zero attached hydrogens (tertiary/aromatic N) is 2. The second-order valence-electron chi connectivity index (χ2n) is 4.38. The molecule has 0 aliphatic rings. The van der Waals surface area contributed by atoms with Crippen molar-refractivity contribution < 1.29 is 13.9 Å². The lowest BCUT2D eigenvalue weighted by atomic mass is 10.2. The van der Waals surface area contributed by atoms with Gasteiger partial charge in [-0.05, 0) is 18.2 Å². The van der Waals surface area contributed by atoms with Gasteiger partial charge in [0.25, 0.3) is 6.43 Å². The van der Waals surface area contributed by atoms with E-state index < -0.39 is 6.43 Å². The van der Waals surface area contributed by atoms with Crippen molar-refractivity contribution in [3.05, 3.63) is 59.9 Å². The average Bonchev–Trinajstić information content (AvgIpc) is 2.86. The van der Waals surface area contributed by atoms with Gasteiger partial charge in [-0.2, -0.15) is 0 Å². The molecule has 0 spiro atoms. The monoisotopic (exact) mass is 274 g/mol. The van der Waals surface area contributed by atoms with Crippen molar-refractivity contribution in [3.8, 4) is 5.69 Å². The standard InChI is InChI=1S/C15H12F2N2O/c16-14(17)15-18-11-6-2-4-8-13(11)19(15)12-7-3-1-5-10(12)9-20/h1-8,14,20H,9H2. The number of hydrogen-bond donors (Lipinski definition) is 1. The first-order valence-electron chi connectivity index (χ1n) is 6.17. The van der Waals surface area contributed by atoms with Gasteiger partial charge in [-0.1, -0.05) is 30.3 Å². The van der Waals surface area contributed by atoms with Gasteiger partial charge in [-0.25, -0.2) is 13.8 Å². The van der Waals surface area contributed by atoms with E-state index in [0.29, 0.717) is 22.3 Å². The molecule has 0 radical (unpaired) electrons. The summed E-state index contributed by atoms with van der Waals surface area (Å²) in [5.41, 5.74) is 2.22. The van der Waals surface area contributed by atoms with Gasteiger partial charge in [0.05, 0.1) is 23.3 Å². The smallest absolute Gasteiger partial charge is 0.295 e. The first-order valence-corrected chi connectivity index (χ1v) is 6.17. The Morgan fingerprint density at radius 2 is 1.75 bits per heavy atom. The third kappa shape index (κ3) is 1.96. The van der Waals surface area contributed by atoms with E-state index in [1.807, 2.05) is 0 Å². The Morgan fingerprint density at radius 3 is 2.50 bits per heavy atom. The first kappa shape index (κ1) is 12.7. The zero-order valence-corrected chi connectivity index (χ0v) is 10.5. The van der Waals surface area contributed by atoms with Crippen LogP contribution >= 0.6 is 0 Å². The fourth-order valence-electron chi connectivity index (χ4n) is 2.31. The number of hydrogen-bond acceptors (Lipinski definition) is 2. The van der Waals surface area contributed by atoms with E-state index in [2.05, 4.69) is 4.98 Å². The lowest BCUT2D eigenvalue weighted by molar-refractivity contribution is 0.139. The van der Waals surface area contributed by atoms with E-state index in [1.54, 1.807) is 48.5 Å². The number of alkyl halides is 2. The quantitative estimate of drug-likeness (QED) is 0.794. The number of halogens is 2. The van der Waals surface area contributed by atoms with Crippen molar-refractivity contribution in [3.63, 3.8) is 0 Å². The molecule has 5 heteroatoms. The molecule has 0 amide bonds. The molecule has 1 aromatic heterocycles. The SMILES string of the molecule is OCc1ccccc1-n1c(C(F)F)nc2ccccc21. The van der Waals surface area contributed by atoms with E-state index in [-0.39, 0.29) is 12.4 Å². The summed E-state index contributed by atoms with van der Waals surface area (Å²) in [7, 11) is 0. The Kier molecular flexibility index (Phi) is 3.20. The van der Waals surface area contributed by atoms with Crippen LogP contribution in [0.4, 0.5) is 8.78 Å². The number of imidazole rings is 1. The normalized spacial score (nSPS) is 11.4. The zero-order valence-electron chi connectivity index (χ0n) is 10.5. The molecular formula is C15H12F2N2O. The van der Waals surface area contributed by atoms with E-state index in [9.17, 15) is 13.9 Å².